The van der Waals surface area contributed by atoms with Gasteiger partial charge in [0.1, 0.15) is 0 Å². The van der Waals surface area contributed by atoms with E-state index >= 15 is 0 Å². The molecular formula is C8H11N3O2. The van der Waals surface area contributed by atoms with E-state index in [1.54, 1.807) is 20.9 Å². The van der Waals surface area contributed by atoms with Crippen LogP contribution in [0.1, 0.15) is 23.5 Å². The Morgan fingerprint density at radius 1 is 1.54 bits per heavy atom. The predicted octanol–water partition coefficient (Wildman–Crippen LogP) is 0.984. The number of hydrogen-bond donors (Lipinski definition) is 0. The van der Waals surface area contributed by atoms with Crippen LogP contribution in [-0.2, 0) is 0 Å². The summed E-state index contributed by atoms with van der Waals surface area (Å²) in [6, 6.07) is 0. The second kappa shape index (κ2) is 3.38. The number of carbonyl (C=O) groups excluding carboxylic acids is 1. The molecule has 0 fully saturated rings. The minimum Gasteiger partial charge on any atom is -0.417 e. The third-order valence-corrected chi connectivity index (χ3v) is 1.59. The molecule has 1 aromatic heterocycles. The lowest BCUT2D eigenvalue weighted by Crippen LogP contribution is -2.24. The molecule has 5 heteroatoms. The zero-order valence-electron chi connectivity index (χ0n) is 7.87. The summed E-state index contributed by atoms with van der Waals surface area (Å²) in [7, 11) is 1.60. The molecule has 1 heterocycles. The standard InChI is InChI=1S/C8H11N3O2/c1-5(2)11(4)8(12)7-10-9-6(3)13-7/h1H2,2-4H3. The largest absolute Gasteiger partial charge is 0.417 e. The van der Waals surface area contributed by atoms with Gasteiger partial charge in [-0.25, -0.2) is 0 Å². The number of amides is 1. The van der Waals surface area contributed by atoms with Crippen LogP contribution >= 0.6 is 0 Å². The summed E-state index contributed by atoms with van der Waals surface area (Å²) in [5.74, 6) is 0.0227. The topological polar surface area (TPSA) is 59.2 Å². The third-order valence-electron chi connectivity index (χ3n) is 1.59. The molecule has 5 nitrogen and oxygen atoms in total. The molecular weight excluding hydrogens is 170 g/mol. The van der Waals surface area contributed by atoms with Gasteiger partial charge in [-0.05, 0) is 6.92 Å². The van der Waals surface area contributed by atoms with Crippen LogP contribution in [0.4, 0.5) is 0 Å². The predicted molar refractivity (Wildman–Crippen MR) is 45.9 cm³/mol. The molecule has 0 bridgehead atoms. The van der Waals surface area contributed by atoms with Crippen LogP contribution in [0.5, 0.6) is 0 Å². The van der Waals surface area contributed by atoms with Gasteiger partial charge >= 0.3 is 11.8 Å². The highest BCUT2D eigenvalue weighted by Crippen LogP contribution is 2.05. The zero-order valence-corrected chi connectivity index (χ0v) is 7.87. The van der Waals surface area contributed by atoms with Crippen molar-refractivity contribution in [2.75, 3.05) is 7.05 Å². The lowest BCUT2D eigenvalue weighted by atomic mass is 10.4. The smallest absolute Gasteiger partial charge is 0.315 e. The van der Waals surface area contributed by atoms with Crippen molar-refractivity contribution in [3.8, 4) is 0 Å². The monoisotopic (exact) mass is 181 g/mol. The van der Waals surface area contributed by atoms with Gasteiger partial charge in [0.05, 0.1) is 0 Å². The van der Waals surface area contributed by atoms with E-state index in [-0.39, 0.29) is 11.8 Å². The quantitative estimate of drug-likeness (QED) is 0.682. The molecule has 1 amide bonds. The summed E-state index contributed by atoms with van der Waals surface area (Å²) < 4.78 is 4.96. The van der Waals surface area contributed by atoms with Gasteiger partial charge < -0.3 is 9.32 Å². The van der Waals surface area contributed by atoms with Crippen LogP contribution in [-0.4, -0.2) is 28.1 Å². The number of aromatic nitrogens is 2. The molecule has 13 heavy (non-hydrogen) atoms. The van der Waals surface area contributed by atoms with Crippen LogP contribution in [0.2, 0.25) is 0 Å². The van der Waals surface area contributed by atoms with Gasteiger partial charge in [0.25, 0.3) is 0 Å². The van der Waals surface area contributed by atoms with Gasteiger partial charge in [-0.1, -0.05) is 6.58 Å². The molecule has 0 saturated carbocycles. The minimum atomic E-state index is -0.340. The molecule has 0 aliphatic heterocycles. The Hall–Kier alpha value is -1.65. The Kier molecular flexibility index (Phi) is 2.46. The van der Waals surface area contributed by atoms with E-state index in [0.29, 0.717) is 11.6 Å². The fourth-order valence-electron chi connectivity index (χ4n) is 0.700. The lowest BCUT2D eigenvalue weighted by molar-refractivity contribution is 0.0797. The van der Waals surface area contributed by atoms with E-state index < -0.39 is 0 Å². The molecule has 0 N–H and O–H groups in total. The number of nitrogens with zero attached hydrogens (tertiary/aromatic N) is 3. The fraction of sp³-hybridized carbons (Fsp3) is 0.375. The molecule has 0 unspecified atom stereocenters. The molecule has 0 saturated heterocycles. The summed E-state index contributed by atoms with van der Waals surface area (Å²) in [6.45, 7) is 6.98. The van der Waals surface area contributed by atoms with Gasteiger partial charge in [0, 0.05) is 19.7 Å². The summed E-state index contributed by atoms with van der Waals surface area (Å²) in [5.41, 5.74) is 0.626. The Morgan fingerprint density at radius 2 is 2.15 bits per heavy atom. The SMILES string of the molecule is C=C(C)N(C)C(=O)c1nnc(C)o1. The average molecular weight is 181 g/mol. The molecule has 1 aromatic rings. The zero-order chi connectivity index (χ0) is 10.0. The highest BCUT2D eigenvalue weighted by molar-refractivity contribution is 5.90. The molecule has 0 aliphatic carbocycles. The van der Waals surface area contributed by atoms with Gasteiger partial charge in [0.2, 0.25) is 5.89 Å². The van der Waals surface area contributed by atoms with Gasteiger partial charge in [0.15, 0.2) is 0 Å². The first-order valence-electron chi connectivity index (χ1n) is 3.76. The maximum Gasteiger partial charge on any atom is 0.315 e. The van der Waals surface area contributed by atoms with E-state index in [1.807, 2.05) is 0 Å². The maximum absolute atomic E-state index is 11.5. The van der Waals surface area contributed by atoms with Crippen molar-refractivity contribution in [1.29, 1.82) is 0 Å². The Morgan fingerprint density at radius 3 is 2.54 bits per heavy atom. The van der Waals surface area contributed by atoms with Gasteiger partial charge in [-0.2, -0.15) is 0 Å². The summed E-state index contributed by atoms with van der Waals surface area (Å²) >= 11 is 0. The fourth-order valence-corrected chi connectivity index (χ4v) is 0.700. The molecule has 0 radical (unpaired) electrons. The van der Waals surface area contributed by atoms with Crippen LogP contribution in [0, 0.1) is 6.92 Å². The highest BCUT2D eigenvalue weighted by Gasteiger charge is 2.18. The normalized spacial score (nSPS) is 9.77. The lowest BCUT2D eigenvalue weighted by Gasteiger charge is -2.13. The van der Waals surface area contributed by atoms with Crippen molar-refractivity contribution in [3.05, 3.63) is 24.1 Å². The van der Waals surface area contributed by atoms with Crippen molar-refractivity contribution < 1.29 is 9.21 Å². The van der Waals surface area contributed by atoms with Crippen LogP contribution in [0.25, 0.3) is 0 Å². The molecule has 70 valence electrons. The van der Waals surface area contributed by atoms with Crippen molar-refractivity contribution >= 4 is 5.91 Å². The number of aryl methyl sites for hydroxylation is 1. The Bertz CT molecular complexity index is 343. The third kappa shape index (κ3) is 1.93. The summed E-state index contributed by atoms with van der Waals surface area (Å²) in [6.07, 6.45) is 0. The van der Waals surface area contributed by atoms with Crippen LogP contribution in [0.3, 0.4) is 0 Å². The van der Waals surface area contributed by atoms with Gasteiger partial charge in [-0.15, -0.1) is 10.2 Å². The number of hydrogen-bond acceptors (Lipinski definition) is 4. The second-order valence-corrected chi connectivity index (χ2v) is 2.73. The van der Waals surface area contributed by atoms with Crippen LogP contribution in [0.15, 0.2) is 16.7 Å². The van der Waals surface area contributed by atoms with E-state index in [1.165, 1.54) is 4.90 Å². The van der Waals surface area contributed by atoms with E-state index in [0.717, 1.165) is 0 Å². The molecule has 0 aromatic carbocycles. The van der Waals surface area contributed by atoms with Crippen molar-refractivity contribution in [3.63, 3.8) is 0 Å². The van der Waals surface area contributed by atoms with E-state index in [4.69, 9.17) is 4.42 Å². The molecule has 0 spiro atoms. The van der Waals surface area contributed by atoms with E-state index in [2.05, 4.69) is 16.8 Å². The number of rotatable bonds is 2. The summed E-state index contributed by atoms with van der Waals surface area (Å²) in [4.78, 5) is 12.8. The van der Waals surface area contributed by atoms with Crippen molar-refractivity contribution in [2.45, 2.75) is 13.8 Å². The minimum absolute atomic E-state index is 0.0111. The molecule has 0 atom stereocenters. The maximum atomic E-state index is 11.5. The Labute approximate surface area is 76.1 Å². The van der Waals surface area contributed by atoms with E-state index in [9.17, 15) is 4.79 Å². The average Bonchev–Trinajstić information content (AvgIpc) is 2.49. The first-order valence-corrected chi connectivity index (χ1v) is 3.76. The number of allylic oxidation sites excluding steroid dienone is 1. The number of carbonyl (C=O) groups is 1. The first kappa shape index (κ1) is 9.44. The van der Waals surface area contributed by atoms with Crippen molar-refractivity contribution in [2.24, 2.45) is 0 Å². The first-order chi connectivity index (χ1) is 6.02. The second-order valence-electron chi connectivity index (χ2n) is 2.73. The summed E-state index contributed by atoms with van der Waals surface area (Å²) in [5, 5.41) is 7.16. The molecule has 1 rings (SSSR count). The highest BCUT2D eigenvalue weighted by atomic mass is 16.4. The van der Waals surface area contributed by atoms with Crippen LogP contribution < -0.4 is 0 Å². The van der Waals surface area contributed by atoms with Crippen molar-refractivity contribution in [1.82, 2.24) is 15.1 Å². The van der Waals surface area contributed by atoms with Gasteiger partial charge in [-0.3, -0.25) is 4.79 Å². The Balaban J connectivity index is 2.85. The molecule has 0 aliphatic rings.